The first kappa shape index (κ1) is 21.7. The summed E-state index contributed by atoms with van der Waals surface area (Å²) in [5, 5.41) is 2.86. The summed E-state index contributed by atoms with van der Waals surface area (Å²) < 4.78 is 50.9. The van der Waals surface area contributed by atoms with Gasteiger partial charge in [-0.2, -0.15) is 4.31 Å². The Balaban J connectivity index is 1.32. The summed E-state index contributed by atoms with van der Waals surface area (Å²) in [6.45, 7) is 3.49. The molecule has 0 saturated carbocycles. The summed E-state index contributed by atoms with van der Waals surface area (Å²) in [4.78, 5) is 14.7. The van der Waals surface area contributed by atoms with Crippen LogP contribution in [0.5, 0.6) is 0 Å². The Morgan fingerprint density at radius 3 is 2.50 bits per heavy atom. The van der Waals surface area contributed by atoms with E-state index < -0.39 is 25.4 Å². The van der Waals surface area contributed by atoms with Crippen molar-refractivity contribution in [2.45, 2.75) is 43.0 Å². The van der Waals surface area contributed by atoms with Crippen LogP contribution < -0.4 is 5.32 Å². The average molecular weight is 456 g/mol. The highest BCUT2D eigenvalue weighted by atomic mass is 32.2. The number of hydrogen-bond acceptors (Lipinski definition) is 6. The van der Waals surface area contributed by atoms with Crippen LogP contribution in [0.2, 0.25) is 0 Å². The van der Waals surface area contributed by atoms with E-state index in [1.165, 1.54) is 9.87 Å². The largest absolute Gasteiger partial charge is 0.349 e. The van der Waals surface area contributed by atoms with Crippen molar-refractivity contribution in [1.29, 1.82) is 0 Å². The molecule has 2 saturated heterocycles. The molecule has 1 aliphatic carbocycles. The summed E-state index contributed by atoms with van der Waals surface area (Å²) in [5.41, 5.74) is 1.66. The lowest BCUT2D eigenvalue weighted by molar-refractivity contribution is -0.124. The van der Waals surface area contributed by atoms with E-state index >= 15 is 0 Å². The van der Waals surface area contributed by atoms with Gasteiger partial charge in [0.2, 0.25) is 15.9 Å². The van der Waals surface area contributed by atoms with E-state index in [-0.39, 0.29) is 24.0 Å². The van der Waals surface area contributed by atoms with E-state index in [0.29, 0.717) is 37.5 Å². The lowest BCUT2D eigenvalue weighted by Crippen LogP contribution is -2.54. The Bertz CT molecular complexity index is 1050. The molecule has 1 aromatic carbocycles. The Morgan fingerprint density at radius 2 is 1.83 bits per heavy atom. The highest BCUT2D eigenvalue weighted by Gasteiger charge is 2.39. The first-order valence-electron chi connectivity index (χ1n) is 10.4. The number of carbonyl (C=O) groups excluding carboxylic acids is 1. The van der Waals surface area contributed by atoms with Crippen LogP contribution in [0.3, 0.4) is 0 Å². The molecule has 0 spiro atoms. The second-order valence-corrected chi connectivity index (χ2v) is 13.0. The molecule has 0 aromatic heterocycles. The minimum atomic E-state index is -3.54. The molecular weight excluding hydrogens is 426 g/mol. The molecule has 0 radical (unpaired) electrons. The molecule has 30 heavy (non-hydrogen) atoms. The van der Waals surface area contributed by atoms with E-state index in [0.717, 1.165) is 24.8 Å². The molecule has 2 fully saturated rings. The maximum absolute atomic E-state index is 13.0. The number of benzene rings is 1. The standard InChI is InChI=1S/C20H29N3O5S2/c1-20(7-12-29(25,26)15-20)21-19(24)14-22-8-10-23(11-9-22)30(27,28)18-6-5-16-3-2-4-17(16)13-18/h5-6,13H,2-4,7-12,14-15H2,1H3,(H,21,24)/t20-/m1/s1. The second-order valence-electron chi connectivity index (χ2n) is 8.92. The Labute approximate surface area is 178 Å². The molecular formula is C20H29N3O5S2. The lowest BCUT2D eigenvalue weighted by Gasteiger charge is -2.34. The van der Waals surface area contributed by atoms with Crippen LogP contribution in [0.25, 0.3) is 0 Å². The van der Waals surface area contributed by atoms with Crippen LogP contribution in [0, 0.1) is 0 Å². The second kappa shape index (κ2) is 7.89. The molecule has 0 unspecified atom stereocenters. The summed E-state index contributed by atoms with van der Waals surface area (Å²) >= 11 is 0. The zero-order valence-corrected chi connectivity index (χ0v) is 18.9. The Kier molecular flexibility index (Phi) is 5.71. The van der Waals surface area contributed by atoms with Gasteiger partial charge in [0.1, 0.15) is 0 Å². The van der Waals surface area contributed by atoms with Gasteiger partial charge >= 0.3 is 0 Å². The van der Waals surface area contributed by atoms with Crippen molar-refractivity contribution in [2.24, 2.45) is 0 Å². The van der Waals surface area contributed by atoms with Gasteiger partial charge in [-0.05, 0) is 55.9 Å². The highest BCUT2D eigenvalue weighted by molar-refractivity contribution is 7.91. The number of nitrogens with one attached hydrogen (secondary N) is 1. The third-order valence-corrected chi connectivity index (χ3v) is 10.1. The zero-order valence-electron chi connectivity index (χ0n) is 17.3. The van der Waals surface area contributed by atoms with Crippen molar-refractivity contribution in [2.75, 3.05) is 44.2 Å². The maximum atomic E-state index is 13.0. The normalized spacial score (nSPS) is 27.1. The number of aryl methyl sites for hydroxylation is 2. The zero-order chi connectivity index (χ0) is 21.6. The summed E-state index contributed by atoms with van der Waals surface area (Å²) in [6.07, 6.45) is 3.45. The number of rotatable bonds is 5. The van der Waals surface area contributed by atoms with E-state index in [4.69, 9.17) is 0 Å². The van der Waals surface area contributed by atoms with Crippen molar-refractivity contribution in [3.63, 3.8) is 0 Å². The van der Waals surface area contributed by atoms with Crippen LogP contribution in [0.15, 0.2) is 23.1 Å². The fraction of sp³-hybridized carbons (Fsp3) is 0.650. The van der Waals surface area contributed by atoms with Crippen molar-refractivity contribution in [3.05, 3.63) is 29.3 Å². The Morgan fingerprint density at radius 1 is 1.13 bits per heavy atom. The third-order valence-electron chi connectivity index (χ3n) is 6.35. The molecule has 1 N–H and O–H groups in total. The highest BCUT2D eigenvalue weighted by Crippen LogP contribution is 2.27. The molecule has 2 aliphatic heterocycles. The van der Waals surface area contributed by atoms with E-state index in [9.17, 15) is 21.6 Å². The molecule has 166 valence electrons. The van der Waals surface area contributed by atoms with E-state index in [1.807, 2.05) is 17.0 Å². The van der Waals surface area contributed by atoms with E-state index in [2.05, 4.69) is 5.32 Å². The van der Waals surface area contributed by atoms with Gasteiger partial charge in [0.25, 0.3) is 0 Å². The summed E-state index contributed by atoms with van der Waals surface area (Å²) in [5.74, 6) is -0.147. The molecule has 1 amide bonds. The summed E-state index contributed by atoms with van der Waals surface area (Å²) in [7, 11) is -6.63. The summed E-state index contributed by atoms with van der Waals surface area (Å²) in [6, 6.07) is 5.45. The van der Waals surface area contributed by atoms with Crippen molar-refractivity contribution >= 4 is 25.8 Å². The smallest absolute Gasteiger partial charge is 0.243 e. The number of sulfone groups is 1. The number of carbonyl (C=O) groups is 1. The Hall–Kier alpha value is -1.49. The molecule has 0 bridgehead atoms. The molecule has 8 nitrogen and oxygen atoms in total. The van der Waals surface area contributed by atoms with Gasteiger partial charge < -0.3 is 5.32 Å². The quantitative estimate of drug-likeness (QED) is 0.679. The number of fused-ring (bicyclic) bond motifs is 1. The van der Waals surface area contributed by atoms with Gasteiger partial charge in [0, 0.05) is 26.2 Å². The van der Waals surface area contributed by atoms with E-state index in [1.54, 1.807) is 13.0 Å². The predicted molar refractivity (Wildman–Crippen MR) is 113 cm³/mol. The molecule has 1 atom stereocenters. The number of amides is 1. The first-order chi connectivity index (χ1) is 14.1. The SMILES string of the molecule is C[C@@]1(NC(=O)CN2CCN(S(=O)(=O)c3ccc4c(c3)CCC4)CC2)CCS(=O)(=O)C1. The van der Waals surface area contributed by atoms with Crippen LogP contribution >= 0.6 is 0 Å². The molecule has 3 aliphatic rings. The van der Waals surface area contributed by atoms with Gasteiger partial charge in [-0.25, -0.2) is 16.8 Å². The topological polar surface area (TPSA) is 104 Å². The average Bonchev–Trinajstić information content (AvgIpc) is 3.24. The van der Waals surface area contributed by atoms with Crippen LogP contribution in [0.4, 0.5) is 0 Å². The van der Waals surface area contributed by atoms with Gasteiger partial charge in [-0.15, -0.1) is 0 Å². The van der Waals surface area contributed by atoms with Gasteiger partial charge in [-0.1, -0.05) is 6.07 Å². The van der Waals surface area contributed by atoms with Gasteiger partial charge in [0.15, 0.2) is 9.84 Å². The minimum absolute atomic E-state index is 0.0292. The van der Waals surface area contributed by atoms with Crippen LogP contribution in [-0.4, -0.2) is 81.7 Å². The monoisotopic (exact) mass is 455 g/mol. The molecule has 1 aromatic rings. The molecule has 2 heterocycles. The van der Waals surface area contributed by atoms with Crippen molar-refractivity contribution < 1.29 is 21.6 Å². The van der Waals surface area contributed by atoms with Crippen molar-refractivity contribution in [1.82, 2.24) is 14.5 Å². The van der Waals surface area contributed by atoms with Crippen molar-refractivity contribution in [3.8, 4) is 0 Å². The lowest BCUT2D eigenvalue weighted by atomic mass is 10.0. The number of nitrogens with zero attached hydrogens (tertiary/aromatic N) is 2. The van der Waals surface area contributed by atoms with Crippen LogP contribution in [0.1, 0.15) is 30.9 Å². The fourth-order valence-corrected chi connectivity index (χ4v) is 8.24. The maximum Gasteiger partial charge on any atom is 0.243 e. The van der Waals surface area contributed by atoms with Gasteiger partial charge in [-0.3, -0.25) is 9.69 Å². The number of sulfonamides is 1. The predicted octanol–water partition coefficient (Wildman–Crippen LogP) is 0.175. The molecule has 4 rings (SSSR count). The third kappa shape index (κ3) is 4.56. The minimum Gasteiger partial charge on any atom is -0.349 e. The number of hydrogen-bond donors (Lipinski definition) is 1. The number of piperazine rings is 1. The van der Waals surface area contributed by atoms with Crippen LogP contribution in [-0.2, 0) is 37.5 Å². The van der Waals surface area contributed by atoms with Gasteiger partial charge in [0.05, 0.1) is 28.5 Å². The molecule has 10 heteroatoms. The first-order valence-corrected chi connectivity index (χ1v) is 13.7. The fourth-order valence-electron chi connectivity index (χ4n) is 4.67.